The van der Waals surface area contributed by atoms with Crippen molar-refractivity contribution in [3.05, 3.63) is 0 Å². The van der Waals surface area contributed by atoms with Crippen molar-refractivity contribution >= 4 is 5.91 Å². The zero-order chi connectivity index (χ0) is 65.4. The van der Waals surface area contributed by atoms with Gasteiger partial charge in [0.25, 0.3) is 0 Å². The van der Waals surface area contributed by atoms with E-state index >= 15 is 0 Å². The highest BCUT2D eigenvalue weighted by Crippen LogP contribution is 2.33. The van der Waals surface area contributed by atoms with Gasteiger partial charge in [0.2, 0.25) is 5.91 Å². The maximum absolute atomic E-state index is 13.5. The topological polar surface area (TPSA) is 307 Å². The molecule has 3 aliphatic heterocycles. The molecule has 3 heterocycles. The Bertz CT molecular complexity index is 1640. The Morgan fingerprint density at radius 1 is 0.356 bits per heavy atom. The van der Waals surface area contributed by atoms with Crippen molar-refractivity contribution in [1.82, 2.24) is 5.32 Å². The summed E-state index contributed by atoms with van der Waals surface area (Å²) in [6.45, 7) is 1.86. The van der Waals surface area contributed by atoms with Crippen molar-refractivity contribution < 1.29 is 89.4 Å². The number of ether oxygens (including phenoxy) is 6. The number of aliphatic hydroxyl groups is 11. The van der Waals surface area contributed by atoms with Crippen LogP contribution < -0.4 is 5.32 Å². The molecule has 0 aromatic heterocycles. The molecule has 19 nitrogen and oxygen atoms in total. The minimum absolute atomic E-state index is 0.234. The summed E-state index contributed by atoms with van der Waals surface area (Å²) in [6, 6.07) is -0.882. The van der Waals surface area contributed by atoms with Crippen LogP contribution in [-0.4, -0.2) is 193 Å². The highest BCUT2D eigenvalue weighted by Gasteiger charge is 2.53. The van der Waals surface area contributed by atoms with Crippen molar-refractivity contribution in [2.75, 3.05) is 26.4 Å². The predicted octanol–water partition coefficient (Wildman–Crippen LogP) is 10.7. The Labute approximate surface area is 544 Å². The van der Waals surface area contributed by atoms with Gasteiger partial charge in [0, 0.05) is 6.42 Å². The first-order chi connectivity index (χ1) is 43.8. The summed E-state index contributed by atoms with van der Waals surface area (Å²) in [6.07, 6.45) is 31.8. The number of rotatable bonds is 59. The molecule has 19 heteroatoms. The van der Waals surface area contributed by atoms with Gasteiger partial charge in [-0.3, -0.25) is 4.79 Å². The van der Waals surface area contributed by atoms with Crippen LogP contribution in [0.2, 0.25) is 0 Å². The molecule has 1 amide bonds. The molecule has 3 rings (SSSR count). The standard InChI is InChI=1S/C71H137NO18/c1-3-5-7-9-11-13-15-17-19-21-23-25-26-27-29-30-32-34-36-38-40-42-44-46-48-55(76)54(72-59(77)49-47-45-43-41-39-37-35-33-31-28-24-22-20-18-16-14-12-10-8-6-4-2)53-85-69-65(83)62(80)67(57(51-74)87-69)90-71-66(84)63(81)68(58(52-75)88-71)89-70-64(82)61(79)60(78)56(50-73)86-70/h54-58,60-71,73-76,78-84H,3-53H2,1-2H3,(H,72,77). The number of hydrogen-bond acceptors (Lipinski definition) is 18. The number of hydrogen-bond donors (Lipinski definition) is 12. The van der Waals surface area contributed by atoms with E-state index in [1.54, 1.807) is 0 Å². The molecule has 17 unspecified atom stereocenters. The Morgan fingerprint density at radius 3 is 0.967 bits per heavy atom. The molecule has 12 N–H and O–H groups in total. The van der Waals surface area contributed by atoms with E-state index in [0.29, 0.717) is 12.8 Å². The Kier molecular flexibility index (Phi) is 49.7. The van der Waals surface area contributed by atoms with E-state index in [1.165, 1.54) is 238 Å². The van der Waals surface area contributed by atoms with Gasteiger partial charge in [0.05, 0.1) is 38.6 Å². The van der Waals surface area contributed by atoms with Gasteiger partial charge in [-0.15, -0.1) is 0 Å². The lowest BCUT2D eigenvalue weighted by molar-refractivity contribution is -0.379. The fraction of sp³-hybridized carbons (Fsp3) is 0.986. The number of amides is 1. The highest BCUT2D eigenvalue weighted by atomic mass is 16.8. The van der Waals surface area contributed by atoms with E-state index in [2.05, 4.69) is 19.2 Å². The van der Waals surface area contributed by atoms with E-state index in [-0.39, 0.29) is 18.9 Å². The number of unbranched alkanes of at least 4 members (excludes halogenated alkanes) is 43. The van der Waals surface area contributed by atoms with E-state index in [9.17, 15) is 61.0 Å². The Hall–Kier alpha value is -1.21. The van der Waals surface area contributed by atoms with E-state index in [1.807, 2.05) is 0 Å². The largest absolute Gasteiger partial charge is 0.394 e. The van der Waals surface area contributed by atoms with Crippen LogP contribution in [-0.2, 0) is 33.2 Å². The molecule has 0 aliphatic carbocycles. The number of nitrogens with one attached hydrogen (secondary N) is 1. The van der Waals surface area contributed by atoms with Crippen LogP contribution in [0.25, 0.3) is 0 Å². The highest BCUT2D eigenvalue weighted by molar-refractivity contribution is 5.76. The summed E-state index contributed by atoms with van der Waals surface area (Å²) >= 11 is 0. The van der Waals surface area contributed by atoms with Gasteiger partial charge in [0.15, 0.2) is 18.9 Å². The molecule has 17 atom stereocenters. The minimum atomic E-state index is -1.97. The number of aliphatic hydroxyl groups excluding tert-OH is 11. The number of carbonyl (C=O) groups excluding carboxylic acids is 1. The first-order valence-electron chi connectivity index (χ1n) is 37.3. The van der Waals surface area contributed by atoms with Gasteiger partial charge in [-0.1, -0.05) is 296 Å². The Balaban J connectivity index is 1.40. The normalized spacial score (nSPS) is 27.9. The van der Waals surface area contributed by atoms with E-state index in [0.717, 1.165) is 44.9 Å². The SMILES string of the molecule is CCCCCCCCCCCCCCCCCCCCCCCCCCC(O)C(COC1OC(CO)C(OC2OC(CO)C(OC3OC(CO)C(O)C(O)C3O)C(O)C2O)C(O)C1O)NC(=O)CCCCCCCCCCCCCCCCCCCCCCC. The summed E-state index contributed by atoms with van der Waals surface area (Å²) in [7, 11) is 0. The first kappa shape index (κ1) is 83.0. The monoisotopic (exact) mass is 1290 g/mol. The van der Waals surface area contributed by atoms with Crippen molar-refractivity contribution in [3.63, 3.8) is 0 Å². The smallest absolute Gasteiger partial charge is 0.220 e. The first-order valence-corrected chi connectivity index (χ1v) is 37.3. The van der Waals surface area contributed by atoms with Crippen LogP contribution >= 0.6 is 0 Å². The van der Waals surface area contributed by atoms with Crippen molar-refractivity contribution in [3.8, 4) is 0 Å². The molecule has 0 radical (unpaired) electrons. The lowest BCUT2D eigenvalue weighted by Gasteiger charge is -2.48. The van der Waals surface area contributed by atoms with Crippen molar-refractivity contribution in [2.45, 2.75) is 420 Å². The van der Waals surface area contributed by atoms with Crippen molar-refractivity contribution in [1.29, 1.82) is 0 Å². The fourth-order valence-electron chi connectivity index (χ4n) is 13.1. The zero-order valence-electron chi connectivity index (χ0n) is 56.7. The summed E-state index contributed by atoms with van der Waals surface area (Å²) in [5.74, 6) is -0.234. The van der Waals surface area contributed by atoms with Crippen LogP contribution in [0.3, 0.4) is 0 Å². The molecule has 0 bridgehead atoms. The van der Waals surface area contributed by atoms with E-state index < -0.39 is 124 Å². The van der Waals surface area contributed by atoms with Gasteiger partial charge >= 0.3 is 0 Å². The zero-order valence-corrected chi connectivity index (χ0v) is 56.7. The van der Waals surface area contributed by atoms with Crippen LogP contribution in [0.15, 0.2) is 0 Å². The summed E-state index contributed by atoms with van der Waals surface area (Å²) < 4.78 is 34.5. The van der Waals surface area contributed by atoms with Crippen LogP contribution in [0, 0.1) is 0 Å². The maximum atomic E-state index is 13.5. The summed E-state index contributed by atoms with van der Waals surface area (Å²) in [5.41, 5.74) is 0. The van der Waals surface area contributed by atoms with Crippen LogP contribution in [0.4, 0.5) is 0 Å². The second-order valence-electron chi connectivity index (χ2n) is 27.1. The summed E-state index contributed by atoms with van der Waals surface area (Å²) in [4.78, 5) is 13.5. The lowest BCUT2D eigenvalue weighted by Crippen LogP contribution is -2.66. The second kappa shape index (κ2) is 53.9. The third kappa shape index (κ3) is 35.2. The fourth-order valence-corrected chi connectivity index (χ4v) is 13.1. The van der Waals surface area contributed by atoms with Gasteiger partial charge in [-0.05, 0) is 12.8 Å². The van der Waals surface area contributed by atoms with Gasteiger partial charge in [0.1, 0.15) is 73.2 Å². The third-order valence-electron chi connectivity index (χ3n) is 19.2. The molecule has 0 aromatic carbocycles. The molecular weight excluding hydrogens is 1150 g/mol. The van der Waals surface area contributed by atoms with Gasteiger partial charge in [-0.25, -0.2) is 0 Å². The minimum Gasteiger partial charge on any atom is -0.394 e. The van der Waals surface area contributed by atoms with Crippen LogP contribution in [0.5, 0.6) is 0 Å². The average Bonchev–Trinajstić information content (AvgIpc) is 1.32. The molecule has 90 heavy (non-hydrogen) atoms. The summed E-state index contributed by atoms with van der Waals surface area (Å²) in [5, 5.41) is 121. The molecule has 0 spiro atoms. The molecule has 3 saturated heterocycles. The van der Waals surface area contributed by atoms with E-state index in [4.69, 9.17) is 28.4 Å². The molecule has 3 aliphatic rings. The predicted molar refractivity (Wildman–Crippen MR) is 351 cm³/mol. The maximum Gasteiger partial charge on any atom is 0.220 e. The van der Waals surface area contributed by atoms with Gasteiger partial charge in [-0.2, -0.15) is 0 Å². The lowest BCUT2D eigenvalue weighted by atomic mass is 9.96. The second-order valence-corrected chi connectivity index (χ2v) is 27.1. The van der Waals surface area contributed by atoms with Gasteiger partial charge < -0.3 is 89.9 Å². The third-order valence-corrected chi connectivity index (χ3v) is 19.2. The molecule has 534 valence electrons. The number of carbonyl (C=O) groups is 1. The quantitative estimate of drug-likeness (QED) is 0.0252. The van der Waals surface area contributed by atoms with Crippen molar-refractivity contribution in [2.24, 2.45) is 0 Å². The molecular formula is C71H137NO18. The average molecular weight is 1290 g/mol. The molecule has 0 aromatic rings. The Morgan fingerprint density at radius 2 is 0.633 bits per heavy atom. The molecule has 0 saturated carbocycles. The van der Waals surface area contributed by atoms with Crippen LogP contribution in [0.1, 0.15) is 316 Å². The molecule has 3 fully saturated rings.